The van der Waals surface area contributed by atoms with Crippen molar-refractivity contribution in [1.29, 1.82) is 0 Å². The largest absolute Gasteiger partial charge is 0.493 e. The van der Waals surface area contributed by atoms with Crippen LogP contribution in [0.2, 0.25) is 5.02 Å². The van der Waals surface area contributed by atoms with Crippen molar-refractivity contribution in [1.82, 2.24) is 4.90 Å². The molecule has 0 aromatic heterocycles. The monoisotopic (exact) mass is 361 g/mol. The number of rotatable bonds is 4. The molecule has 0 aliphatic carbocycles. The highest BCUT2D eigenvalue weighted by Crippen LogP contribution is 2.29. The van der Waals surface area contributed by atoms with E-state index < -0.39 is 0 Å². The van der Waals surface area contributed by atoms with Gasteiger partial charge < -0.3 is 19.1 Å². The highest BCUT2D eigenvalue weighted by Gasteiger charge is 2.26. The zero-order chi connectivity index (χ0) is 17.8. The predicted octanol–water partition coefficient (Wildman–Crippen LogP) is 3.57. The Morgan fingerprint density at radius 2 is 1.96 bits per heavy atom. The minimum absolute atomic E-state index is 0.0590. The Morgan fingerprint density at radius 3 is 2.68 bits per heavy atom. The van der Waals surface area contributed by atoms with E-state index in [9.17, 15) is 4.79 Å². The molecule has 132 valence electrons. The standard InChI is InChI=1S/C19H20ClNO4/c1-23-16-7-6-14(11-17(16)24-2)19(22)21-8-9-25-18(12-21)13-4-3-5-15(20)10-13/h3-7,10-11,18H,8-9,12H2,1-2H3. The SMILES string of the molecule is COc1ccc(C(=O)N2CCOC(c3cccc(Cl)c3)C2)cc1OC. The third kappa shape index (κ3) is 3.89. The molecule has 5 nitrogen and oxygen atoms in total. The van der Waals surface area contributed by atoms with Crippen molar-refractivity contribution >= 4 is 17.5 Å². The molecule has 0 spiro atoms. The van der Waals surface area contributed by atoms with Crippen molar-refractivity contribution in [3.63, 3.8) is 0 Å². The van der Waals surface area contributed by atoms with Gasteiger partial charge in [-0.3, -0.25) is 4.79 Å². The molecule has 0 saturated carbocycles. The minimum atomic E-state index is -0.184. The van der Waals surface area contributed by atoms with Gasteiger partial charge in [-0.25, -0.2) is 0 Å². The van der Waals surface area contributed by atoms with E-state index in [1.807, 2.05) is 24.3 Å². The molecule has 1 saturated heterocycles. The quantitative estimate of drug-likeness (QED) is 0.835. The first kappa shape index (κ1) is 17.6. The number of halogens is 1. The van der Waals surface area contributed by atoms with Crippen LogP contribution in [0, 0.1) is 0 Å². The van der Waals surface area contributed by atoms with Crippen molar-refractivity contribution in [2.45, 2.75) is 6.10 Å². The highest BCUT2D eigenvalue weighted by atomic mass is 35.5. The molecular formula is C19H20ClNO4. The summed E-state index contributed by atoms with van der Waals surface area (Å²) in [4.78, 5) is 14.6. The molecule has 6 heteroatoms. The highest BCUT2D eigenvalue weighted by molar-refractivity contribution is 6.30. The molecule has 0 N–H and O–H groups in total. The lowest BCUT2D eigenvalue weighted by Crippen LogP contribution is -2.42. The van der Waals surface area contributed by atoms with Gasteiger partial charge in [-0.15, -0.1) is 0 Å². The van der Waals surface area contributed by atoms with Crippen LogP contribution in [0.5, 0.6) is 11.5 Å². The lowest BCUT2D eigenvalue weighted by atomic mass is 10.1. The summed E-state index contributed by atoms with van der Waals surface area (Å²) in [5.74, 6) is 1.07. The molecule has 0 radical (unpaired) electrons. The van der Waals surface area contributed by atoms with Gasteiger partial charge in [0, 0.05) is 17.1 Å². The Morgan fingerprint density at radius 1 is 1.16 bits per heavy atom. The summed E-state index contributed by atoms with van der Waals surface area (Å²) in [6.45, 7) is 1.51. The molecule has 3 rings (SSSR count). The van der Waals surface area contributed by atoms with Gasteiger partial charge >= 0.3 is 0 Å². The molecule has 2 aromatic rings. The lowest BCUT2D eigenvalue weighted by molar-refractivity contribution is -0.0228. The summed E-state index contributed by atoms with van der Waals surface area (Å²) < 4.78 is 16.3. The zero-order valence-electron chi connectivity index (χ0n) is 14.2. The molecular weight excluding hydrogens is 342 g/mol. The number of morpholine rings is 1. The van der Waals surface area contributed by atoms with E-state index in [-0.39, 0.29) is 12.0 Å². The number of nitrogens with zero attached hydrogens (tertiary/aromatic N) is 1. The van der Waals surface area contributed by atoms with Crippen LogP contribution in [0.3, 0.4) is 0 Å². The van der Waals surface area contributed by atoms with Gasteiger partial charge in [-0.1, -0.05) is 23.7 Å². The Balaban J connectivity index is 1.78. The maximum absolute atomic E-state index is 12.9. The van der Waals surface area contributed by atoms with E-state index in [0.717, 1.165) is 5.56 Å². The summed E-state index contributed by atoms with van der Waals surface area (Å²) in [6, 6.07) is 12.7. The van der Waals surface area contributed by atoms with E-state index in [1.54, 1.807) is 37.3 Å². The summed E-state index contributed by atoms with van der Waals surface area (Å²) in [5, 5.41) is 0.657. The molecule has 1 heterocycles. The Kier molecular flexibility index (Phi) is 5.46. The van der Waals surface area contributed by atoms with Crippen LogP contribution in [0.25, 0.3) is 0 Å². The number of hydrogen-bond acceptors (Lipinski definition) is 4. The van der Waals surface area contributed by atoms with Gasteiger partial charge in [0.25, 0.3) is 5.91 Å². The number of carbonyl (C=O) groups excluding carboxylic acids is 1. The fourth-order valence-electron chi connectivity index (χ4n) is 2.89. The Bertz CT molecular complexity index is 765. The maximum Gasteiger partial charge on any atom is 0.254 e. The number of carbonyl (C=O) groups is 1. The molecule has 1 aliphatic rings. The second-order valence-corrected chi connectivity index (χ2v) is 6.17. The van der Waals surface area contributed by atoms with Gasteiger partial charge in [-0.2, -0.15) is 0 Å². The third-order valence-corrected chi connectivity index (χ3v) is 4.44. The Labute approximate surface area is 152 Å². The van der Waals surface area contributed by atoms with Crippen molar-refractivity contribution in [3.8, 4) is 11.5 Å². The van der Waals surface area contributed by atoms with Gasteiger partial charge in [0.2, 0.25) is 0 Å². The molecule has 1 amide bonds. The summed E-state index contributed by atoms with van der Waals surface area (Å²) in [6.07, 6.45) is -0.184. The van der Waals surface area contributed by atoms with Gasteiger partial charge in [0.1, 0.15) is 6.10 Å². The topological polar surface area (TPSA) is 48.0 Å². The van der Waals surface area contributed by atoms with E-state index in [1.165, 1.54) is 0 Å². The number of benzene rings is 2. The van der Waals surface area contributed by atoms with Crippen LogP contribution in [-0.4, -0.2) is 44.7 Å². The van der Waals surface area contributed by atoms with Crippen LogP contribution < -0.4 is 9.47 Å². The second-order valence-electron chi connectivity index (χ2n) is 5.74. The second kappa shape index (κ2) is 7.76. The predicted molar refractivity (Wildman–Crippen MR) is 95.6 cm³/mol. The summed E-state index contributed by atoms with van der Waals surface area (Å²) in [7, 11) is 3.12. The first-order valence-corrected chi connectivity index (χ1v) is 8.38. The zero-order valence-corrected chi connectivity index (χ0v) is 15.0. The molecule has 1 aliphatic heterocycles. The van der Waals surface area contributed by atoms with Crippen LogP contribution >= 0.6 is 11.6 Å². The molecule has 0 bridgehead atoms. The molecule has 1 unspecified atom stereocenters. The third-order valence-electron chi connectivity index (χ3n) is 4.20. The van der Waals surface area contributed by atoms with Crippen LogP contribution in [0.1, 0.15) is 22.0 Å². The smallest absolute Gasteiger partial charge is 0.254 e. The first-order chi connectivity index (χ1) is 12.1. The van der Waals surface area contributed by atoms with Gasteiger partial charge in [0.15, 0.2) is 11.5 Å². The van der Waals surface area contributed by atoms with E-state index >= 15 is 0 Å². The first-order valence-electron chi connectivity index (χ1n) is 8.00. The van der Waals surface area contributed by atoms with Crippen molar-refractivity contribution in [2.24, 2.45) is 0 Å². The van der Waals surface area contributed by atoms with E-state index in [2.05, 4.69) is 0 Å². The van der Waals surface area contributed by atoms with Gasteiger partial charge in [-0.05, 0) is 35.9 Å². The minimum Gasteiger partial charge on any atom is -0.493 e. The summed E-state index contributed by atoms with van der Waals surface area (Å²) in [5.41, 5.74) is 1.53. The number of methoxy groups -OCH3 is 2. The normalized spacial score (nSPS) is 17.2. The Hall–Kier alpha value is -2.24. The fraction of sp³-hybridized carbons (Fsp3) is 0.316. The van der Waals surface area contributed by atoms with Crippen LogP contribution in [0.4, 0.5) is 0 Å². The number of ether oxygens (including phenoxy) is 3. The van der Waals surface area contributed by atoms with Gasteiger partial charge in [0.05, 0.1) is 27.4 Å². The average Bonchev–Trinajstić information content (AvgIpc) is 2.67. The average molecular weight is 362 g/mol. The molecule has 2 aromatic carbocycles. The summed E-state index contributed by atoms with van der Waals surface area (Å²) >= 11 is 6.06. The van der Waals surface area contributed by atoms with Crippen molar-refractivity contribution in [3.05, 3.63) is 58.6 Å². The molecule has 1 fully saturated rings. The fourth-order valence-corrected chi connectivity index (χ4v) is 3.09. The molecule has 1 atom stereocenters. The maximum atomic E-state index is 12.9. The van der Waals surface area contributed by atoms with Crippen molar-refractivity contribution < 1.29 is 19.0 Å². The van der Waals surface area contributed by atoms with Crippen LogP contribution in [0.15, 0.2) is 42.5 Å². The van der Waals surface area contributed by atoms with Crippen molar-refractivity contribution in [2.75, 3.05) is 33.9 Å². The number of amides is 1. The van der Waals surface area contributed by atoms with E-state index in [0.29, 0.717) is 41.8 Å². The van der Waals surface area contributed by atoms with E-state index in [4.69, 9.17) is 25.8 Å². The van der Waals surface area contributed by atoms with Crippen LogP contribution in [-0.2, 0) is 4.74 Å². The number of hydrogen-bond donors (Lipinski definition) is 0. The molecule has 25 heavy (non-hydrogen) atoms. The lowest BCUT2D eigenvalue weighted by Gasteiger charge is -2.33.